The summed E-state index contributed by atoms with van der Waals surface area (Å²) >= 11 is 1.95. The van der Waals surface area contributed by atoms with Crippen molar-refractivity contribution in [2.75, 3.05) is 24.6 Å². The van der Waals surface area contributed by atoms with Crippen molar-refractivity contribution in [1.29, 1.82) is 0 Å². The van der Waals surface area contributed by atoms with E-state index in [1.54, 1.807) is 4.90 Å². The number of amides is 3. The first kappa shape index (κ1) is 10.8. The van der Waals surface area contributed by atoms with Gasteiger partial charge in [0.1, 0.15) is 0 Å². The van der Waals surface area contributed by atoms with E-state index in [2.05, 4.69) is 5.32 Å². The van der Waals surface area contributed by atoms with Crippen LogP contribution in [0.1, 0.15) is 13.3 Å². The third-order valence-corrected chi connectivity index (χ3v) is 4.19. The van der Waals surface area contributed by atoms with Crippen molar-refractivity contribution in [3.05, 3.63) is 0 Å². The van der Waals surface area contributed by atoms with E-state index in [0.717, 1.165) is 12.3 Å². The van der Waals surface area contributed by atoms with E-state index in [1.807, 2.05) is 18.7 Å². The molecule has 0 saturated carbocycles. The molecule has 0 aromatic heterocycles. The molecule has 2 aliphatic heterocycles. The molecular formula is C10H16N2O2S. The lowest BCUT2D eigenvalue weighted by Crippen LogP contribution is -2.54. The number of carbonyl (C=O) groups is 2. The van der Waals surface area contributed by atoms with Crippen LogP contribution in [0.2, 0.25) is 0 Å². The molecule has 2 rings (SSSR count). The maximum absolute atomic E-state index is 11.5. The zero-order valence-corrected chi connectivity index (χ0v) is 9.68. The van der Waals surface area contributed by atoms with Gasteiger partial charge in [0.15, 0.2) is 0 Å². The van der Waals surface area contributed by atoms with Gasteiger partial charge >= 0.3 is 6.03 Å². The van der Waals surface area contributed by atoms with E-state index in [1.165, 1.54) is 12.2 Å². The largest absolute Gasteiger partial charge is 0.324 e. The van der Waals surface area contributed by atoms with Crippen LogP contribution in [0.3, 0.4) is 0 Å². The van der Waals surface area contributed by atoms with Crippen molar-refractivity contribution in [2.24, 2.45) is 11.8 Å². The average molecular weight is 228 g/mol. The van der Waals surface area contributed by atoms with Crippen LogP contribution in [-0.4, -0.2) is 41.4 Å². The number of urea groups is 1. The van der Waals surface area contributed by atoms with Crippen molar-refractivity contribution in [2.45, 2.75) is 13.3 Å². The fourth-order valence-corrected chi connectivity index (χ4v) is 3.27. The number of rotatable bonds is 2. The van der Waals surface area contributed by atoms with Crippen molar-refractivity contribution in [3.8, 4) is 0 Å². The van der Waals surface area contributed by atoms with Crippen LogP contribution < -0.4 is 5.32 Å². The van der Waals surface area contributed by atoms with Gasteiger partial charge in [-0.3, -0.25) is 10.1 Å². The van der Waals surface area contributed by atoms with Crippen LogP contribution in [-0.2, 0) is 4.79 Å². The second-order valence-corrected chi connectivity index (χ2v) is 5.48. The van der Waals surface area contributed by atoms with Gasteiger partial charge in [-0.25, -0.2) is 4.79 Å². The van der Waals surface area contributed by atoms with Crippen molar-refractivity contribution in [3.63, 3.8) is 0 Å². The van der Waals surface area contributed by atoms with Crippen molar-refractivity contribution in [1.82, 2.24) is 10.2 Å². The first-order chi connectivity index (χ1) is 7.16. The molecule has 0 bridgehead atoms. The summed E-state index contributed by atoms with van der Waals surface area (Å²) in [6, 6.07) is -0.213. The minimum Gasteiger partial charge on any atom is -0.323 e. The standard InChI is InChI=1S/C10H16N2O2S/c1-7-4-12(10(14)11-9(7)13)5-8-2-3-15-6-8/h7-8H,2-6H2,1H3,(H,11,13,14). The number of nitrogens with zero attached hydrogens (tertiary/aromatic N) is 1. The van der Waals surface area contributed by atoms with Gasteiger partial charge in [-0.2, -0.15) is 11.8 Å². The van der Waals surface area contributed by atoms with Crippen molar-refractivity contribution >= 4 is 23.7 Å². The Morgan fingerprint density at radius 1 is 1.53 bits per heavy atom. The van der Waals surface area contributed by atoms with Crippen LogP contribution in [0.4, 0.5) is 4.79 Å². The van der Waals surface area contributed by atoms with E-state index in [0.29, 0.717) is 12.5 Å². The highest BCUT2D eigenvalue weighted by atomic mass is 32.2. The van der Waals surface area contributed by atoms with E-state index in [4.69, 9.17) is 0 Å². The third kappa shape index (κ3) is 2.45. The predicted octanol–water partition coefficient (Wildman–Crippen LogP) is 0.927. The van der Waals surface area contributed by atoms with Crippen LogP contribution in [0.15, 0.2) is 0 Å². The first-order valence-corrected chi connectivity index (χ1v) is 6.50. The Morgan fingerprint density at radius 3 is 3.00 bits per heavy atom. The summed E-state index contributed by atoms with van der Waals surface area (Å²) in [5.41, 5.74) is 0. The number of imide groups is 1. The number of hydrogen-bond donors (Lipinski definition) is 1. The minimum atomic E-state index is -0.213. The molecule has 3 amide bonds. The van der Waals surface area contributed by atoms with E-state index in [-0.39, 0.29) is 17.9 Å². The molecule has 0 radical (unpaired) electrons. The molecule has 2 aliphatic rings. The Hall–Kier alpha value is -0.710. The second kappa shape index (κ2) is 4.43. The number of thioether (sulfide) groups is 1. The maximum atomic E-state index is 11.5. The molecule has 2 fully saturated rings. The lowest BCUT2D eigenvalue weighted by atomic mass is 10.1. The average Bonchev–Trinajstić information content (AvgIpc) is 2.67. The predicted molar refractivity (Wildman–Crippen MR) is 59.7 cm³/mol. The maximum Gasteiger partial charge on any atom is 0.324 e. The normalized spacial score (nSPS) is 31.9. The van der Waals surface area contributed by atoms with Gasteiger partial charge in [0.2, 0.25) is 5.91 Å². The van der Waals surface area contributed by atoms with Gasteiger partial charge in [-0.1, -0.05) is 6.92 Å². The summed E-state index contributed by atoms with van der Waals surface area (Å²) in [5, 5.41) is 2.39. The summed E-state index contributed by atoms with van der Waals surface area (Å²) < 4.78 is 0. The molecule has 5 heteroatoms. The Morgan fingerprint density at radius 2 is 2.33 bits per heavy atom. The minimum absolute atomic E-state index is 0.0724. The highest BCUT2D eigenvalue weighted by Crippen LogP contribution is 2.24. The van der Waals surface area contributed by atoms with Gasteiger partial charge < -0.3 is 4.90 Å². The lowest BCUT2D eigenvalue weighted by molar-refractivity contribution is -0.125. The Labute approximate surface area is 93.8 Å². The molecule has 2 unspecified atom stereocenters. The fourth-order valence-electron chi connectivity index (χ4n) is 2.00. The Bertz CT molecular complexity index is 277. The highest BCUT2D eigenvalue weighted by Gasteiger charge is 2.31. The quantitative estimate of drug-likeness (QED) is 0.765. The zero-order chi connectivity index (χ0) is 10.8. The first-order valence-electron chi connectivity index (χ1n) is 5.34. The monoisotopic (exact) mass is 228 g/mol. The van der Waals surface area contributed by atoms with Crippen molar-refractivity contribution < 1.29 is 9.59 Å². The Kier molecular flexibility index (Phi) is 3.19. The summed E-state index contributed by atoms with van der Waals surface area (Å²) in [5.74, 6) is 2.75. The summed E-state index contributed by atoms with van der Waals surface area (Å²) in [6.07, 6.45) is 1.19. The summed E-state index contributed by atoms with van der Waals surface area (Å²) in [6.45, 7) is 3.24. The van der Waals surface area contributed by atoms with Crippen LogP contribution in [0.5, 0.6) is 0 Å². The van der Waals surface area contributed by atoms with Crippen LogP contribution in [0.25, 0.3) is 0 Å². The van der Waals surface area contributed by atoms with E-state index in [9.17, 15) is 9.59 Å². The molecule has 0 aliphatic carbocycles. The molecule has 4 nitrogen and oxygen atoms in total. The van der Waals surface area contributed by atoms with Gasteiger partial charge in [-0.05, 0) is 23.8 Å². The fraction of sp³-hybridized carbons (Fsp3) is 0.800. The Balaban J connectivity index is 1.90. The zero-order valence-electron chi connectivity index (χ0n) is 8.86. The van der Waals surface area contributed by atoms with Gasteiger partial charge in [0.05, 0.1) is 5.92 Å². The van der Waals surface area contributed by atoms with Gasteiger partial charge in [-0.15, -0.1) is 0 Å². The molecule has 0 aromatic rings. The number of carbonyl (C=O) groups excluding carboxylic acids is 2. The summed E-state index contributed by atoms with van der Waals surface area (Å²) in [7, 11) is 0. The van der Waals surface area contributed by atoms with E-state index >= 15 is 0 Å². The molecule has 2 atom stereocenters. The molecular weight excluding hydrogens is 212 g/mol. The van der Waals surface area contributed by atoms with E-state index < -0.39 is 0 Å². The van der Waals surface area contributed by atoms with Gasteiger partial charge in [0.25, 0.3) is 0 Å². The molecule has 2 saturated heterocycles. The third-order valence-electron chi connectivity index (χ3n) is 2.96. The number of hydrogen-bond acceptors (Lipinski definition) is 3. The molecule has 2 heterocycles. The number of nitrogens with one attached hydrogen (secondary N) is 1. The molecule has 0 aromatic carbocycles. The topological polar surface area (TPSA) is 49.4 Å². The second-order valence-electron chi connectivity index (χ2n) is 4.33. The molecule has 1 N–H and O–H groups in total. The van der Waals surface area contributed by atoms with Crippen LogP contribution >= 0.6 is 11.8 Å². The molecule has 84 valence electrons. The lowest BCUT2D eigenvalue weighted by Gasteiger charge is -2.32. The highest BCUT2D eigenvalue weighted by molar-refractivity contribution is 7.99. The SMILES string of the molecule is CC1CN(CC2CCSC2)C(=O)NC1=O. The van der Waals surface area contributed by atoms with Gasteiger partial charge in [0, 0.05) is 13.1 Å². The smallest absolute Gasteiger partial charge is 0.323 e. The molecule has 0 spiro atoms. The summed E-state index contributed by atoms with van der Waals surface area (Å²) in [4.78, 5) is 24.5. The van der Waals surface area contributed by atoms with Crippen LogP contribution in [0, 0.1) is 11.8 Å². The molecule has 15 heavy (non-hydrogen) atoms.